The third-order valence-corrected chi connectivity index (χ3v) is 3.24. The van der Waals surface area contributed by atoms with Crippen LogP contribution in [0.3, 0.4) is 0 Å². The lowest BCUT2D eigenvalue weighted by molar-refractivity contribution is 0.541. The van der Waals surface area contributed by atoms with Gasteiger partial charge in [-0.05, 0) is 55.5 Å². The molecule has 0 aliphatic heterocycles. The van der Waals surface area contributed by atoms with Crippen LogP contribution in [0.5, 0.6) is 0 Å². The number of rotatable bonds is 6. The highest BCUT2D eigenvalue weighted by Gasteiger charge is 2.08. The van der Waals surface area contributed by atoms with Gasteiger partial charge in [-0.25, -0.2) is 4.68 Å². The molecule has 0 radical (unpaired) electrons. The summed E-state index contributed by atoms with van der Waals surface area (Å²) in [5.74, 6) is 0.965. The molecule has 17 heavy (non-hydrogen) atoms. The van der Waals surface area contributed by atoms with E-state index in [0.717, 1.165) is 31.6 Å². The number of nitrogens with two attached hydrogens (primary N) is 1. The minimum atomic E-state index is 0.692. The van der Waals surface area contributed by atoms with Gasteiger partial charge in [0.25, 0.3) is 0 Å². The fourth-order valence-electron chi connectivity index (χ4n) is 2.22. The van der Waals surface area contributed by atoms with Crippen LogP contribution >= 0.6 is 0 Å². The predicted molar refractivity (Wildman–Crippen MR) is 66.4 cm³/mol. The molecule has 94 valence electrons. The van der Waals surface area contributed by atoms with E-state index in [9.17, 15) is 0 Å². The van der Waals surface area contributed by atoms with Crippen molar-refractivity contribution in [3.8, 4) is 0 Å². The molecule has 5 heteroatoms. The van der Waals surface area contributed by atoms with Crippen molar-refractivity contribution in [2.45, 2.75) is 51.5 Å². The van der Waals surface area contributed by atoms with E-state index in [1.54, 1.807) is 5.57 Å². The number of hydrogen-bond donors (Lipinski definition) is 1. The SMILES string of the molecule is NCCCc1nnnn1CCC1=CCCCC1. The molecule has 0 unspecified atom stereocenters. The van der Waals surface area contributed by atoms with Crippen LogP contribution in [0, 0.1) is 0 Å². The van der Waals surface area contributed by atoms with E-state index in [0.29, 0.717) is 6.54 Å². The molecule has 1 aromatic heterocycles. The monoisotopic (exact) mass is 235 g/mol. The molecule has 0 spiro atoms. The summed E-state index contributed by atoms with van der Waals surface area (Å²) in [6.45, 7) is 1.59. The Morgan fingerprint density at radius 1 is 1.29 bits per heavy atom. The van der Waals surface area contributed by atoms with Gasteiger partial charge in [-0.3, -0.25) is 0 Å². The van der Waals surface area contributed by atoms with Crippen LogP contribution in [-0.4, -0.2) is 26.8 Å². The zero-order valence-corrected chi connectivity index (χ0v) is 10.3. The Bertz CT molecular complexity index is 369. The van der Waals surface area contributed by atoms with Crippen molar-refractivity contribution in [1.82, 2.24) is 20.2 Å². The van der Waals surface area contributed by atoms with Gasteiger partial charge in [0.15, 0.2) is 5.82 Å². The number of hydrogen-bond acceptors (Lipinski definition) is 4. The molecule has 0 saturated heterocycles. The fourth-order valence-corrected chi connectivity index (χ4v) is 2.22. The van der Waals surface area contributed by atoms with Crippen LogP contribution in [0.15, 0.2) is 11.6 Å². The first kappa shape index (κ1) is 12.2. The number of aryl methyl sites for hydroxylation is 2. The van der Waals surface area contributed by atoms with Gasteiger partial charge in [-0.15, -0.1) is 5.10 Å². The summed E-state index contributed by atoms with van der Waals surface area (Å²) in [5.41, 5.74) is 7.07. The number of tetrazole rings is 1. The van der Waals surface area contributed by atoms with Gasteiger partial charge in [0.1, 0.15) is 0 Å². The summed E-state index contributed by atoms with van der Waals surface area (Å²) < 4.78 is 1.92. The van der Waals surface area contributed by atoms with Crippen molar-refractivity contribution in [2.75, 3.05) is 6.54 Å². The molecular formula is C12H21N5. The highest BCUT2D eigenvalue weighted by Crippen LogP contribution is 2.20. The topological polar surface area (TPSA) is 69.6 Å². The van der Waals surface area contributed by atoms with Crippen molar-refractivity contribution in [1.29, 1.82) is 0 Å². The van der Waals surface area contributed by atoms with Gasteiger partial charge < -0.3 is 5.73 Å². The van der Waals surface area contributed by atoms with Gasteiger partial charge in [-0.2, -0.15) is 0 Å². The van der Waals surface area contributed by atoms with E-state index in [-0.39, 0.29) is 0 Å². The van der Waals surface area contributed by atoms with E-state index in [1.165, 1.54) is 25.7 Å². The Labute approximate surface area is 102 Å². The first-order chi connectivity index (χ1) is 8.40. The maximum Gasteiger partial charge on any atom is 0.151 e. The number of aromatic nitrogens is 4. The van der Waals surface area contributed by atoms with Crippen molar-refractivity contribution in [2.24, 2.45) is 5.73 Å². The third kappa shape index (κ3) is 3.63. The van der Waals surface area contributed by atoms with Gasteiger partial charge >= 0.3 is 0 Å². The minimum Gasteiger partial charge on any atom is -0.330 e. The molecule has 1 aromatic rings. The van der Waals surface area contributed by atoms with E-state index in [1.807, 2.05) is 4.68 Å². The molecule has 2 rings (SSSR count). The molecule has 0 fully saturated rings. The van der Waals surface area contributed by atoms with Crippen molar-refractivity contribution >= 4 is 0 Å². The quantitative estimate of drug-likeness (QED) is 0.758. The van der Waals surface area contributed by atoms with Crippen LogP contribution in [-0.2, 0) is 13.0 Å². The second-order valence-electron chi connectivity index (χ2n) is 4.57. The normalized spacial score (nSPS) is 15.9. The first-order valence-electron chi connectivity index (χ1n) is 6.53. The molecule has 0 amide bonds. The Hall–Kier alpha value is -1.23. The van der Waals surface area contributed by atoms with Gasteiger partial charge in [-0.1, -0.05) is 11.6 Å². The molecule has 0 bridgehead atoms. The van der Waals surface area contributed by atoms with Gasteiger partial charge in [0, 0.05) is 13.0 Å². The van der Waals surface area contributed by atoms with Crippen molar-refractivity contribution in [3.05, 3.63) is 17.5 Å². The van der Waals surface area contributed by atoms with Gasteiger partial charge in [0.05, 0.1) is 0 Å². The standard InChI is InChI=1S/C12H21N5/c13-9-4-7-12-14-15-16-17(12)10-8-11-5-2-1-3-6-11/h5H,1-4,6-10,13H2. The Morgan fingerprint density at radius 3 is 3.00 bits per heavy atom. The second kappa shape index (κ2) is 6.49. The maximum absolute atomic E-state index is 5.50. The van der Waals surface area contributed by atoms with Crippen LogP contribution in [0.2, 0.25) is 0 Å². The third-order valence-electron chi connectivity index (χ3n) is 3.24. The van der Waals surface area contributed by atoms with E-state index >= 15 is 0 Å². The summed E-state index contributed by atoms with van der Waals surface area (Å²) >= 11 is 0. The molecule has 1 aliphatic rings. The lowest BCUT2D eigenvalue weighted by atomic mass is 9.97. The molecule has 0 atom stereocenters. The predicted octanol–water partition coefficient (Wildman–Crippen LogP) is 1.45. The van der Waals surface area contributed by atoms with E-state index in [4.69, 9.17) is 5.73 Å². The molecular weight excluding hydrogens is 214 g/mol. The summed E-state index contributed by atoms with van der Waals surface area (Å²) in [6, 6.07) is 0. The van der Waals surface area contributed by atoms with E-state index < -0.39 is 0 Å². The average molecular weight is 235 g/mol. The summed E-state index contributed by atoms with van der Waals surface area (Å²) in [5, 5.41) is 11.8. The van der Waals surface area contributed by atoms with Crippen LogP contribution in [0.4, 0.5) is 0 Å². The molecule has 5 nitrogen and oxygen atoms in total. The molecule has 1 aliphatic carbocycles. The number of nitrogens with zero attached hydrogens (tertiary/aromatic N) is 4. The highest BCUT2D eigenvalue weighted by atomic mass is 15.5. The maximum atomic E-state index is 5.50. The average Bonchev–Trinajstić information content (AvgIpc) is 2.82. The zero-order valence-electron chi connectivity index (χ0n) is 10.3. The molecule has 0 aromatic carbocycles. The summed E-state index contributed by atoms with van der Waals surface area (Å²) in [4.78, 5) is 0. The molecule has 0 saturated carbocycles. The largest absolute Gasteiger partial charge is 0.330 e. The van der Waals surface area contributed by atoms with Crippen LogP contribution in [0.1, 0.15) is 44.3 Å². The lowest BCUT2D eigenvalue weighted by Crippen LogP contribution is -2.09. The van der Waals surface area contributed by atoms with Crippen LogP contribution < -0.4 is 5.73 Å². The smallest absolute Gasteiger partial charge is 0.151 e. The zero-order chi connectivity index (χ0) is 11.9. The fraction of sp³-hybridized carbons (Fsp3) is 0.750. The Morgan fingerprint density at radius 2 is 2.24 bits per heavy atom. The summed E-state index contributed by atoms with van der Waals surface area (Å²) in [6.07, 6.45) is 10.5. The number of allylic oxidation sites excluding steroid dienone is 2. The molecule has 2 N–H and O–H groups in total. The van der Waals surface area contributed by atoms with Crippen molar-refractivity contribution < 1.29 is 0 Å². The molecule has 1 heterocycles. The highest BCUT2D eigenvalue weighted by molar-refractivity contribution is 5.04. The minimum absolute atomic E-state index is 0.692. The lowest BCUT2D eigenvalue weighted by Gasteiger charge is -2.12. The Balaban J connectivity index is 1.85. The van der Waals surface area contributed by atoms with Gasteiger partial charge in [0.2, 0.25) is 0 Å². The van der Waals surface area contributed by atoms with E-state index in [2.05, 4.69) is 21.6 Å². The van der Waals surface area contributed by atoms with Crippen molar-refractivity contribution in [3.63, 3.8) is 0 Å². The second-order valence-corrected chi connectivity index (χ2v) is 4.57. The first-order valence-corrected chi connectivity index (χ1v) is 6.53. The van der Waals surface area contributed by atoms with Crippen LogP contribution in [0.25, 0.3) is 0 Å². The Kier molecular flexibility index (Phi) is 4.67. The summed E-state index contributed by atoms with van der Waals surface area (Å²) in [7, 11) is 0.